The lowest BCUT2D eigenvalue weighted by Gasteiger charge is -2.37. The lowest BCUT2D eigenvalue weighted by atomic mass is 9.94. The van der Waals surface area contributed by atoms with Gasteiger partial charge in [-0.3, -0.25) is 29.1 Å². The molecule has 3 heterocycles. The van der Waals surface area contributed by atoms with Gasteiger partial charge in [0.2, 0.25) is 5.91 Å². The van der Waals surface area contributed by atoms with Crippen LogP contribution in [0.3, 0.4) is 0 Å². The number of nitrogens with zero attached hydrogens (tertiary/aromatic N) is 4. The fourth-order valence-corrected chi connectivity index (χ4v) is 4.80. The summed E-state index contributed by atoms with van der Waals surface area (Å²) in [6, 6.07) is 11.2. The van der Waals surface area contributed by atoms with Crippen LogP contribution in [-0.4, -0.2) is 109 Å². The van der Waals surface area contributed by atoms with E-state index >= 15 is 0 Å². The third-order valence-electron chi connectivity index (χ3n) is 6.68. The van der Waals surface area contributed by atoms with Gasteiger partial charge in [0.05, 0.1) is 19.8 Å². The number of ether oxygens (including phenoxy) is 1. The summed E-state index contributed by atoms with van der Waals surface area (Å²) in [5.74, 6) is -0.262. The van der Waals surface area contributed by atoms with Crippen molar-refractivity contribution in [1.29, 1.82) is 0 Å². The third-order valence-corrected chi connectivity index (χ3v) is 6.68. The molecular weight excluding hydrogens is 408 g/mol. The molecule has 5 rings (SSSR count). The van der Waals surface area contributed by atoms with Crippen molar-refractivity contribution < 1.29 is 19.1 Å². The molecule has 0 aliphatic carbocycles. The van der Waals surface area contributed by atoms with E-state index in [-0.39, 0.29) is 17.7 Å². The summed E-state index contributed by atoms with van der Waals surface area (Å²) in [5, 5.41) is 1.68. The number of amides is 3. The smallest absolute Gasteiger partial charge is 0.261 e. The molecule has 3 aliphatic rings. The molecule has 0 saturated carbocycles. The maximum Gasteiger partial charge on any atom is 0.261 e. The second-order valence-electron chi connectivity index (χ2n) is 8.58. The van der Waals surface area contributed by atoms with Crippen LogP contribution in [0.15, 0.2) is 36.4 Å². The summed E-state index contributed by atoms with van der Waals surface area (Å²) < 4.78 is 5.32. The number of rotatable bonds is 5. The fourth-order valence-electron chi connectivity index (χ4n) is 4.80. The van der Waals surface area contributed by atoms with Gasteiger partial charge in [-0.05, 0) is 17.5 Å². The predicted molar refractivity (Wildman–Crippen MR) is 120 cm³/mol. The van der Waals surface area contributed by atoms with E-state index in [4.69, 9.17) is 4.74 Å². The van der Waals surface area contributed by atoms with E-state index < -0.39 is 0 Å². The van der Waals surface area contributed by atoms with E-state index in [9.17, 15) is 14.4 Å². The first-order valence-electron chi connectivity index (χ1n) is 11.3. The van der Waals surface area contributed by atoms with Crippen LogP contribution in [-0.2, 0) is 9.53 Å². The molecule has 3 aliphatic heterocycles. The highest BCUT2D eigenvalue weighted by Gasteiger charge is 2.33. The largest absolute Gasteiger partial charge is 0.378 e. The van der Waals surface area contributed by atoms with Gasteiger partial charge in [0.1, 0.15) is 0 Å². The van der Waals surface area contributed by atoms with Gasteiger partial charge in [-0.1, -0.05) is 24.3 Å². The van der Waals surface area contributed by atoms with Crippen LogP contribution in [0.2, 0.25) is 0 Å². The number of imide groups is 1. The number of piperazine rings is 1. The first-order valence-corrected chi connectivity index (χ1v) is 11.3. The Hall–Kier alpha value is -2.81. The highest BCUT2D eigenvalue weighted by molar-refractivity contribution is 6.25. The minimum Gasteiger partial charge on any atom is -0.378 e. The first kappa shape index (κ1) is 21.1. The standard InChI is InChI=1S/C24H28N4O4/c29-21(27-13-15-32-16-14-27)17-26-9-7-25(8-10-26)11-12-28-23(30)19-5-1-3-18-4-2-6-20(22(18)19)24(28)31/h1-6H,7-17H2. The Morgan fingerprint density at radius 3 is 2.00 bits per heavy atom. The second kappa shape index (κ2) is 8.97. The van der Waals surface area contributed by atoms with Gasteiger partial charge in [0.15, 0.2) is 0 Å². The van der Waals surface area contributed by atoms with E-state index in [0.29, 0.717) is 57.1 Å². The van der Waals surface area contributed by atoms with Gasteiger partial charge in [-0.2, -0.15) is 0 Å². The highest BCUT2D eigenvalue weighted by atomic mass is 16.5. The van der Waals surface area contributed by atoms with E-state index in [0.717, 1.165) is 37.0 Å². The summed E-state index contributed by atoms with van der Waals surface area (Å²) in [6.45, 7) is 7.28. The summed E-state index contributed by atoms with van der Waals surface area (Å²) in [6.07, 6.45) is 0. The van der Waals surface area contributed by atoms with E-state index in [2.05, 4.69) is 9.80 Å². The van der Waals surface area contributed by atoms with Gasteiger partial charge in [0.25, 0.3) is 11.8 Å². The van der Waals surface area contributed by atoms with Crippen molar-refractivity contribution in [2.75, 3.05) is 72.1 Å². The minimum atomic E-state index is -0.214. The number of hydrogen-bond acceptors (Lipinski definition) is 6. The average Bonchev–Trinajstić information content (AvgIpc) is 2.84. The Morgan fingerprint density at radius 2 is 1.38 bits per heavy atom. The molecule has 3 amide bonds. The molecule has 2 fully saturated rings. The van der Waals surface area contributed by atoms with Crippen LogP contribution < -0.4 is 0 Å². The molecule has 2 aromatic rings. The predicted octanol–water partition coefficient (Wildman–Crippen LogP) is 0.912. The Morgan fingerprint density at radius 1 is 0.781 bits per heavy atom. The molecule has 0 atom stereocenters. The fraction of sp³-hybridized carbons (Fsp3) is 0.458. The second-order valence-corrected chi connectivity index (χ2v) is 8.58. The molecule has 8 nitrogen and oxygen atoms in total. The zero-order chi connectivity index (χ0) is 22.1. The van der Waals surface area contributed by atoms with Crippen LogP contribution in [0.4, 0.5) is 0 Å². The van der Waals surface area contributed by atoms with Crippen molar-refractivity contribution in [1.82, 2.24) is 19.6 Å². The lowest BCUT2D eigenvalue weighted by molar-refractivity contribution is -0.136. The molecule has 8 heteroatoms. The zero-order valence-corrected chi connectivity index (χ0v) is 18.2. The molecule has 0 spiro atoms. The maximum atomic E-state index is 13.0. The van der Waals surface area contributed by atoms with Gasteiger partial charge in [-0.25, -0.2) is 0 Å². The lowest BCUT2D eigenvalue weighted by Crippen LogP contribution is -2.53. The minimum absolute atomic E-state index is 0.166. The summed E-state index contributed by atoms with van der Waals surface area (Å²) >= 11 is 0. The summed E-state index contributed by atoms with van der Waals surface area (Å²) in [7, 11) is 0. The van der Waals surface area contributed by atoms with Crippen molar-refractivity contribution in [2.24, 2.45) is 0 Å². The Kier molecular flexibility index (Phi) is 5.91. The van der Waals surface area contributed by atoms with E-state index in [1.54, 1.807) is 12.1 Å². The van der Waals surface area contributed by atoms with Gasteiger partial charge in [0, 0.05) is 68.9 Å². The molecule has 168 valence electrons. The number of benzene rings is 2. The molecule has 0 bridgehead atoms. The summed E-state index contributed by atoms with van der Waals surface area (Å²) in [4.78, 5) is 46.2. The van der Waals surface area contributed by atoms with E-state index in [1.165, 1.54) is 4.90 Å². The molecule has 2 saturated heterocycles. The van der Waals surface area contributed by atoms with Crippen molar-refractivity contribution in [2.45, 2.75) is 0 Å². The molecule has 0 aromatic heterocycles. The van der Waals surface area contributed by atoms with Crippen LogP contribution >= 0.6 is 0 Å². The van der Waals surface area contributed by atoms with Gasteiger partial charge < -0.3 is 9.64 Å². The van der Waals surface area contributed by atoms with Crippen molar-refractivity contribution in [3.05, 3.63) is 47.5 Å². The third kappa shape index (κ3) is 4.01. The zero-order valence-electron chi connectivity index (χ0n) is 18.2. The quantitative estimate of drug-likeness (QED) is 0.649. The van der Waals surface area contributed by atoms with Gasteiger partial charge >= 0.3 is 0 Å². The normalized spacial score (nSPS) is 20.2. The summed E-state index contributed by atoms with van der Waals surface area (Å²) in [5.41, 5.74) is 1.20. The van der Waals surface area contributed by atoms with Crippen molar-refractivity contribution in [3.63, 3.8) is 0 Å². The molecule has 0 radical (unpaired) electrons. The highest BCUT2D eigenvalue weighted by Crippen LogP contribution is 2.29. The van der Waals surface area contributed by atoms with Crippen LogP contribution in [0, 0.1) is 0 Å². The number of carbonyl (C=O) groups excluding carboxylic acids is 3. The SMILES string of the molecule is O=C(CN1CCN(CCN2C(=O)c3cccc4cccc(c34)C2=O)CC1)N1CCOCC1. The number of morpholine rings is 1. The Labute approximate surface area is 187 Å². The molecule has 2 aromatic carbocycles. The Balaban J connectivity index is 1.15. The van der Waals surface area contributed by atoms with E-state index in [1.807, 2.05) is 29.2 Å². The number of hydrogen-bond donors (Lipinski definition) is 0. The molecule has 0 unspecified atom stereocenters. The molecule has 32 heavy (non-hydrogen) atoms. The molecule has 0 N–H and O–H groups in total. The van der Waals surface area contributed by atoms with Crippen LogP contribution in [0.1, 0.15) is 20.7 Å². The van der Waals surface area contributed by atoms with Crippen LogP contribution in [0.5, 0.6) is 0 Å². The average molecular weight is 437 g/mol. The Bertz CT molecular complexity index is 991. The van der Waals surface area contributed by atoms with Crippen molar-refractivity contribution >= 4 is 28.5 Å². The maximum absolute atomic E-state index is 13.0. The number of carbonyl (C=O) groups is 3. The van der Waals surface area contributed by atoms with Crippen LogP contribution in [0.25, 0.3) is 10.8 Å². The monoisotopic (exact) mass is 436 g/mol. The topological polar surface area (TPSA) is 73.4 Å². The molecular formula is C24H28N4O4. The van der Waals surface area contributed by atoms with Gasteiger partial charge in [-0.15, -0.1) is 0 Å². The first-order chi connectivity index (χ1) is 15.6. The van der Waals surface area contributed by atoms with Crippen molar-refractivity contribution in [3.8, 4) is 0 Å².